The summed E-state index contributed by atoms with van der Waals surface area (Å²) in [5.74, 6) is 0. The first kappa shape index (κ1) is 11.0. The Bertz CT molecular complexity index is 300. The van der Waals surface area contributed by atoms with Crippen molar-refractivity contribution in [3.05, 3.63) is 28.5 Å². The van der Waals surface area contributed by atoms with Crippen molar-refractivity contribution in [1.29, 1.82) is 0 Å². The van der Waals surface area contributed by atoms with Crippen LogP contribution in [-0.2, 0) is 0 Å². The predicted molar refractivity (Wildman–Crippen MR) is 49.7 cm³/mol. The maximum atomic E-state index is 12.2. The van der Waals surface area contributed by atoms with Crippen LogP contribution in [0, 0.1) is 0 Å². The van der Waals surface area contributed by atoms with Crippen molar-refractivity contribution in [1.82, 2.24) is 4.98 Å². The van der Waals surface area contributed by atoms with Crippen LogP contribution in [0.15, 0.2) is 22.8 Å². The molecule has 0 unspecified atom stereocenters. The first-order chi connectivity index (χ1) is 5.91. The molecule has 1 atom stereocenters. The number of hydrogen-bond donors (Lipinski definition) is 0. The fourth-order valence-corrected chi connectivity index (χ4v) is 1.33. The molecule has 0 aromatic carbocycles. The number of aromatic nitrogens is 1. The van der Waals surface area contributed by atoms with Crippen LogP contribution >= 0.6 is 31.9 Å². The summed E-state index contributed by atoms with van der Waals surface area (Å²) in [6.45, 7) is 0. The lowest BCUT2D eigenvalue weighted by molar-refractivity contribution is -0.128. The normalized spacial score (nSPS) is 14.2. The van der Waals surface area contributed by atoms with Gasteiger partial charge in [0.05, 0.1) is 5.69 Å². The minimum atomic E-state index is -4.31. The van der Waals surface area contributed by atoms with Crippen LogP contribution in [-0.4, -0.2) is 11.2 Å². The van der Waals surface area contributed by atoms with Crippen molar-refractivity contribution in [3.63, 3.8) is 0 Å². The fraction of sp³-hybridized carbons (Fsp3) is 0.286. The molecule has 13 heavy (non-hydrogen) atoms. The molecule has 0 aliphatic carbocycles. The van der Waals surface area contributed by atoms with Gasteiger partial charge < -0.3 is 0 Å². The molecule has 0 aliphatic heterocycles. The summed E-state index contributed by atoms with van der Waals surface area (Å²) >= 11 is 5.60. The minimum absolute atomic E-state index is 0.0538. The highest BCUT2D eigenvalue weighted by atomic mass is 79.9. The summed E-state index contributed by atoms with van der Waals surface area (Å²) in [6, 6.07) is 2.90. The van der Waals surface area contributed by atoms with E-state index in [0.29, 0.717) is 4.47 Å². The molecule has 0 saturated heterocycles. The van der Waals surface area contributed by atoms with Crippen LogP contribution in [0.3, 0.4) is 0 Å². The summed E-state index contributed by atoms with van der Waals surface area (Å²) < 4.78 is 37.1. The number of halogens is 5. The molecule has 0 spiro atoms. The van der Waals surface area contributed by atoms with Gasteiger partial charge in [-0.1, -0.05) is 31.9 Å². The first-order valence-corrected chi connectivity index (χ1v) is 4.94. The number of hydrogen-bond acceptors (Lipinski definition) is 1. The second-order valence-corrected chi connectivity index (χ2v) is 4.13. The minimum Gasteiger partial charge on any atom is -0.260 e. The highest BCUT2D eigenvalue weighted by Gasteiger charge is 2.39. The molecule has 0 fully saturated rings. The van der Waals surface area contributed by atoms with Gasteiger partial charge >= 0.3 is 6.18 Å². The van der Waals surface area contributed by atoms with Gasteiger partial charge in [-0.2, -0.15) is 13.2 Å². The Morgan fingerprint density at radius 2 is 2.00 bits per heavy atom. The predicted octanol–water partition coefficient (Wildman–Crippen LogP) is 3.84. The van der Waals surface area contributed by atoms with Crippen molar-refractivity contribution >= 4 is 31.9 Å². The lowest BCUT2D eigenvalue weighted by Crippen LogP contribution is -2.16. The quantitative estimate of drug-likeness (QED) is 0.717. The van der Waals surface area contributed by atoms with Gasteiger partial charge in [-0.15, -0.1) is 0 Å². The van der Waals surface area contributed by atoms with Crippen LogP contribution in [0.5, 0.6) is 0 Å². The zero-order chi connectivity index (χ0) is 10.1. The monoisotopic (exact) mass is 317 g/mol. The molecule has 1 nitrogen and oxygen atoms in total. The van der Waals surface area contributed by atoms with Crippen LogP contribution in [0.25, 0.3) is 0 Å². The van der Waals surface area contributed by atoms with Gasteiger partial charge in [0.1, 0.15) is 0 Å². The van der Waals surface area contributed by atoms with Crippen LogP contribution in [0.4, 0.5) is 13.2 Å². The third-order valence-electron chi connectivity index (χ3n) is 1.29. The molecule has 0 amide bonds. The lowest BCUT2D eigenvalue weighted by Gasteiger charge is -2.12. The van der Waals surface area contributed by atoms with E-state index >= 15 is 0 Å². The summed E-state index contributed by atoms with van der Waals surface area (Å²) in [4.78, 5) is 1.90. The van der Waals surface area contributed by atoms with Gasteiger partial charge in [0.25, 0.3) is 0 Å². The fourth-order valence-electron chi connectivity index (χ4n) is 0.727. The van der Waals surface area contributed by atoms with E-state index in [4.69, 9.17) is 0 Å². The zero-order valence-electron chi connectivity index (χ0n) is 6.15. The standard InChI is InChI=1S/C7H4Br2F3N/c8-4-1-2-13-5(3-4)6(9)7(10,11)12/h1-3,6H/t6-/m1/s1. The average Bonchev–Trinajstić information content (AvgIpc) is 2.01. The van der Waals surface area contributed by atoms with E-state index in [1.165, 1.54) is 12.3 Å². The molecule has 0 bridgehead atoms. The van der Waals surface area contributed by atoms with Gasteiger partial charge in [-0.25, -0.2) is 0 Å². The highest BCUT2D eigenvalue weighted by molar-refractivity contribution is 9.10. The molecule has 1 aromatic heterocycles. The van der Waals surface area contributed by atoms with Crippen LogP contribution < -0.4 is 0 Å². The van der Waals surface area contributed by atoms with Crippen molar-refractivity contribution < 1.29 is 13.2 Å². The van der Waals surface area contributed by atoms with Gasteiger partial charge in [0, 0.05) is 10.7 Å². The molecule has 1 rings (SSSR count). The van der Waals surface area contributed by atoms with Crippen molar-refractivity contribution in [2.45, 2.75) is 11.0 Å². The molecule has 0 radical (unpaired) electrons. The van der Waals surface area contributed by atoms with E-state index in [9.17, 15) is 13.2 Å². The second kappa shape index (κ2) is 3.96. The van der Waals surface area contributed by atoms with E-state index in [1.54, 1.807) is 6.07 Å². The van der Waals surface area contributed by atoms with E-state index in [1.807, 2.05) is 0 Å². The average molecular weight is 319 g/mol. The lowest BCUT2D eigenvalue weighted by atomic mass is 10.3. The van der Waals surface area contributed by atoms with E-state index in [0.717, 1.165) is 0 Å². The molecule has 6 heteroatoms. The zero-order valence-corrected chi connectivity index (χ0v) is 9.32. The summed E-state index contributed by atoms with van der Waals surface area (Å²) in [5.41, 5.74) is -0.0538. The summed E-state index contributed by atoms with van der Waals surface area (Å²) in [6.07, 6.45) is -2.99. The number of rotatable bonds is 1. The third kappa shape index (κ3) is 2.95. The Hall–Kier alpha value is -0.100. The Labute approximate surface area is 89.6 Å². The molecule has 0 N–H and O–H groups in total. The Morgan fingerprint density at radius 3 is 2.46 bits per heavy atom. The summed E-state index contributed by atoms with van der Waals surface area (Å²) in [7, 11) is 0. The second-order valence-electron chi connectivity index (χ2n) is 2.30. The van der Waals surface area contributed by atoms with Gasteiger partial charge in [0.2, 0.25) is 0 Å². The molecular weight excluding hydrogens is 315 g/mol. The van der Waals surface area contributed by atoms with E-state index in [-0.39, 0.29) is 5.69 Å². The van der Waals surface area contributed by atoms with Crippen LogP contribution in [0.2, 0.25) is 0 Å². The molecule has 0 aliphatic rings. The number of pyridine rings is 1. The molecule has 1 aromatic rings. The summed E-state index contributed by atoms with van der Waals surface area (Å²) in [5, 5.41) is 0. The first-order valence-electron chi connectivity index (χ1n) is 3.23. The Kier molecular flexibility index (Phi) is 3.34. The molecule has 1 heterocycles. The van der Waals surface area contributed by atoms with Crippen LogP contribution in [0.1, 0.15) is 10.5 Å². The van der Waals surface area contributed by atoms with Crippen molar-refractivity contribution in [2.75, 3.05) is 0 Å². The number of nitrogens with zero attached hydrogens (tertiary/aromatic N) is 1. The highest BCUT2D eigenvalue weighted by Crippen LogP contribution is 2.39. The Morgan fingerprint density at radius 1 is 1.38 bits per heavy atom. The Balaban J connectivity index is 2.96. The molecule has 0 saturated carbocycles. The largest absolute Gasteiger partial charge is 0.406 e. The molecule has 72 valence electrons. The van der Waals surface area contributed by atoms with Gasteiger partial charge in [-0.3, -0.25) is 4.98 Å². The topological polar surface area (TPSA) is 12.9 Å². The maximum Gasteiger partial charge on any atom is 0.406 e. The van der Waals surface area contributed by atoms with Gasteiger partial charge in [0.15, 0.2) is 4.83 Å². The van der Waals surface area contributed by atoms with Crippen molar-refractivity contribution in [3.8, 4) is 0 Å². The van der Waals surface area contributed by atoms with Crippen molar-refractivity contribution in [2.24, 2.45) is 0 Å². The number of alkyl halides is 4. The molecular formula is C7H4Br2F3N. The van der Waals surface area contributed by atoms with E-state index < -0.39 is 11.0 Å². The van der Waals surface area contributed by atoms with Gasteiger partial charge in [-0.05, 0) is 12.1 Å². The smallest absolute Gasteiger partial charge is 0.260 e. The third-order valence-corrected chi connectivity index (χ3v) is 2.77. The maximum absolute atomic E-state index is 12.2. The SMILES string of the molecule is FC(F)(F)[C@H](Br)c1cc(Br)ccn1. The van der Waals surface area contributed by atoms with E-state index in [2.05, 4.69) is 36.8 Å².